The van der Waals surface area contributed by atoms with E-state index in [9.17, 15) is 5.11 Å². The quantitative estimate of drug-likeness (QED) is 0.749. The Morgan fingerprint density at radius 1 is 1.37 bits per heavy atom. The minimum Gasteiger partial charge on any atom is -0.508 e. The van der Waals surface area contributed by atoms with E-state index in [-0.39, 0.29) is 5.75 Å². The summed E-state index contributed by atoms with van der Waals surface area (Å²) in [6, 6.07) is 6.70. The van der Waals surface area contributed by atoms with Crippen molar-refractivity contribution in [1.82, 2.24) is 10.1 Å². The highest BCUT2D eigenvalue weighted by Crippen LogP contribution is 2.34. The smallest absolute Gasteiger partial charge is 0.270 e. The monoisotopic (exact) mass is 273 g/mol. The maximum absolute atomic E-state index is 9.44. The zero-order valence-electron chi connectivity index (χ0n) is 10.1. The van der Waals surface area contributed by atoms with E-state index in [1.807, 2.05) is 12.3 Å². The van der Waals surface area contributed by atoms with Gasteiger partial charge in [-0.05, 0) is 30.0 Å². The van der Waals surface area contributed by atoms with Crippen LogP contribution in [0.3, 0.4) is 0 Å². The highest BCUT2D eigenvalue weighted by molar-refractivity contribution is 7.14. The van der Waals surface area contributed by atoms with Crippen molar-refractivity contribution in [2.75, 3.05) is 5.73 Å². The number of hydrogen-bond donors (Lipinski definition) is 2. The first-order valence-corrected chi connectivity index (χ1v) is 6.50. The lowest BCUT2D eigenvalue weighted by Crippen LogP contribution is -1.87. The van der Waals surface area contributed by atoms with E-state index in [0.29, 0.717) is 23.0 Å². The molecular formula is C13H11N3O2S. The third-order valence-electron chi connectivity index (χ3n) is 2.75. The molecule has 6 heteroatoms. The molecule has 5 nitrogen and oxygen atoms in total. The minimum atomic E-state index is 0.162. The summed E-state index contributed by atoms with van der Waals surface area (Å²) >= 11 is 1.47. The number of aryl methyl sites for hydroxylation is 1. The van der Waals surface area contributed by atoms with Gasteiger partial charge in [0.15, 0.2) is 0 Å². The van der Waals surface area contributed by atoms with Gasteiger partial charge in [-0.3, -0.25) is 0 Å². The Hall–Kier alpha value is -2.34. The predicted molar refractivity (Wildman–Crippen MR) is 73.9 cm³/mol. The number of hydrogen-bond acceptors (Lipinski definition) is 6. The van der Waals surface area contributed by atoms with Gasteiger partial charge in [-0.1, -0.05) is 17.3 Å². The molecular weight excluding hydrogens is 262 g/mol. The number of aromatic hydroxyl groups is 1. The van der Waals surface area contributed by atoms with Gasteiger partial charge < -0.3 is 15.4 Å². The molecule has 3 N–H and O–H groups in total. The molecule has 0 saturated heterocycles. The highest BCUT2D eigenvalue weighted by Gasteiger charge is 2.16. The van der Waals surface area contributed by atoms with E-state index >= 15 is 0 Å². The molecule has 0 radical (unpaired) electrons. The normalized spacial score (nSPS) is 10.8. The molecule has 2 heterocycles. The van der Waals surface area contributed by atoms with Gasteiger partial charge in [0, 0.05) is 5.56 Å². The lowest BCUT2D eigenvalue weighted by Gasteiger charge is -1.94. The Morgan fingerprint density at radius 2 is 2.21 bits per heavy atom. The molecule has 0 atom stereocenters. The van der Waals surface area contributed by atoms with Crippen LogP contribution in [0.1, 0.15) is 5.56 Å². The molecule has 2 aromatic heterocycles. The Bertz CT molecular complexity index is 733. The second-order valence-corrected chi connectivity index (χ2v) is 5.01. The summed E-state index contributed by atoms with van der Waals surface area (Å²) in [7, 11) is 0. The van der Waals surface area contributed by atoms with Gasteiger partial charge in [-0.2, -0.15) is 4.98 Å². The standard InChI is InChI=1S/C13H11N3O2S/c1-7-6-19-11(10(7)14)13-15-12(16-18-13)8-3-2-4-9(17)5-8/h2-6,17H,14H2,1H3. The van der Waals surface area contributed by atoms with Crippen LogP contribution in [0.25, 0.3) is 22.2 Å². The molecule has 0 unspecified atom stereocenters. The fourth-order valence-corrected chi connectivity index (χ4v) is 2.59. The van der Waals surface area contributed by atoms with E-state index in [4.69, 9.17) is 10.3 Å². The van der Waals surface area contributed by atoms with Crippen LogP contribution in [0, 0.1) is 6.92 Å². The summed E-state index contributed by atoms with van der Waals surface area (Å²) in [6.45, 7) is 1.93. The topological polar surface area (TPSA) is 85.2 Å². The van der Waals surface area contributed by atoms with E-state index in [2.05, 4.69) is 10.1 Å². The third kappa shape index (κ3) is 2.06. The minimum absolute atomic E-state index is 0.162. The number of phenols is 1. The van der Waals surface area contributed by atoms with Gasteiger partial charge in [0.2, 0.25) is 5.82 Å². The van der Waals surface area contributed by atoms with Gasteiger partial charge in [0.25, 0.3) is 5.89 Å². The molecule has 19 heavy (non-hydrogen) atoms. The number of thiophene rings is 1. The van der Waals surface area contributed by atoms with Gasteiger partial charge in [-0.15, -0.1) is 11.3 Å². The van der Waals surface area contributed by atoms with Crippen molar-refractivity contribution in [3.05, 3.63) is 35.2 Å². The molecule has 0 aliphatic heterocycles. The zero-order chi connectivity index (χ0) is 13.4. The highest BCUT2D eigenvalue weighted by atomic mass is 32.1. The van der Waals surface area contributed by atoms with Crippen LogP contribution in [-0.4, -0.2) is 15.2 Å². The van der Waals surface area contributed by atoms with Crippen molar-refractivity contribution in [3.8, 4) is 27.9 Å². The summed E-state index contributed by atoms with van der Waals surface area (Å²) in [5.41, 5.74) is 8.31. The van der Waals surface area contributed by atoms with E-state index in [1.165, 1.54) is 11.3 Å². The van der Waals surface area contributed by atoms with Crippen molar-refractivity contribution in [3.63, 3.8) is 0 Å². The van der Waals surface area contributed by atoms with Crippen LogP contribution in [0.15, 0.2) is 34.2 Å². The molecule has 3 aromatic rings. The lowest BCUT2D eigenvalue weighted by atomic mass is 10.2. The van der Waals surface area contributed by atoms with Crippen LogP contribution >= 0.6 is 11.3 Å². The van der Waals surface area contributed by atoms with Gasteiger partial charge in [0.05, 0.1) is 5.69 Å². The van der Waals surface area contributed by atoms with Crippen molar-refractivity contribution < 1.29 is 9.63 Å². The van der Waals surface area contributed by atoms with Crippen molar-refractivity contribution in [2.24, 2.45) is 0 Å². The average molecular weight is 273 g/mol. The fraction of sp³-hybridized carbons (Fsp3) is 0.0769. The summed E-state index contributed by atoms with van der Waals surface area (Å²) < 4.78 is 5.23. The summed E-state index contributed by atoms with van der Waals surface area (Å²) in [5.74, 6) is 0.987. The van der Waals surface area contributed by atoms with Gasteiger partial charge in [-0.25, -0.2) is 0 Å². The molecule has 0 spiro atoms. The molecule has 0 bridgehead atoms. The molecule has 0 aliphatic carbocycles. The Balaban J connectivity index is 2.02. The van der Waals surface area contributed by atoms with Crippen LogP contribution in [-0.2, 0) is 0 Å². The van der Waals surface area contributed by atoms with Crippen LogP contribution in [0.5, 0.6) is 5.75 Å². The first kappa shape index (κ1) is 11.7. The summed E-state index contributed by atoms with van der Waals surface area (Å²) in [6.07, 6.45) is 0. The predicted octanol–water partition coefficient (Wildman–Crippen LogP) is 3.06. The van der Waals surface area contributed by atoms with Crippen LogP contribution in [0.4, 0.5) is 5.69 Å². The zero-order valence-corrected chi connectivity index (χ0v) is 10.9. The maximum Gasteiger partial charge on any atom is 0.270 e. The van der Waals surface area contributed by atoms with Crippen LogP contribution < -0.4 is 5.73 Å². The SMILES string of the molecule is Cc1csc(-c2nc(-c3cccc(O)c3)no2)c1N. The fourth-order valence-electron chi connectivity index (χ4n) is 1.70. The third-order valence-corrected chi connectivity index (χ3v) is 3.85. The van der Waals surface area contributed by atoms with Crippen LogP contribution in [0.2, 0.25) is 0 Å². The number of nitrogens with two attached hydrogens (primary N) is 1. The van der Waals surface area contributed by atoms with Crippen molar-refractivity contribution >= 4 is 17.0 Å². The number of phenolic OH excluding ortho intramolecular Hbond substituents is 1. The van der Waals surface area contributed by atoms with Gasteiger partial charge in [0.1, 0.15) is 10.6 Å². The molecule has 96 valence electrons. The molecule has 3 rings (SSSR count). The summed E-state index contributed by atoms with van der Waals surface area (Å²) in [5, 5.41) is 15.3. The second kappa shape index (κ2) is 4.40. The molecule has 0 saturated carbocycles. The molecule has 0 amide bonds. The molecule has 0 fully saturated rings. The number of rotatable bonds is 2. The number of nitrogen functional groups attached to an aromatic ring is 1. The average Bonchev–Trinajstić information content (AvgIpc) is 2.98. The van der Waals surface area contributed by atoms with E-state index in [1.54, 1.807) is 24.3 Å². The largest absolute Gasteiger partial charge is 0.508 e. The molecule has 1 aromatic carbocycles. The maximum atomic E-state index is 9.44. The summed E-state index contributed by atoms with van der Waals surface area (Å²) in [4.78, 5) is 5.08. The van der Waals surface area contributed by atoms with Gasteiger partial charge >= 0.3 is 0 Å². The lowest BCUT2D eigenvalue weighted by molar-refractivity contribution is 0.433. The number of aromatic nitrogens is 2. The van der Waals surface area contributed by atoms with Crippen molar-refractivity contribution in [2.45, 2.75) is 6.92 Å². The first-order chi connectivity index (χ1) is 9.15. The second-order valence-electron chi connectivity index (χ2n) is 4.13. The van der Waals surface area contributed by atoms with E-state index in [0.717, 1.165) is 10.4 Å². The number of anilines is 1. The Labute approximate surface area is 113 Å². The van der Waals surface area contributed by atoms with E-state index < -0.39 is 0 Å². The van der Waals surface area contributed by atoms with Crippen molar-refractivity contribution in [1.29, 1.82) is 0 Å². The number of nitrogens with zero attached hydrogens (tertiary/aromatic N) is 2. The Morgan fingerprint density at radius 3 is 2.89 bits per heavy atom. The first-order valence-electron chi connectivity index (χ1n) is 5.62. The molecule has 0 aliphatic rings. The Kier molecular flexibility index (Phi) is 2.72. The number of benzene rings is 1.